The van der Waals surface area contributed by atoms with E-state index in [4.69, 9.17) is 0 Å². The van der Waals surface area contributed by atoms with Gasteiger partial charge in [0.2, 0.25) is 0 Å². The van der Waals surface area contributed by atoms with Gasteiger partial charge in [-0.05, 0) is 17.5 Å². The van der Waals surface area contributed by atoms with Gasteiger partial charge in [0.25, 0.3) is 5.91 Å². The first-order chi connectivity index (χ1) is 12.0. The molecule has 0 radical (unpaired) electrons. The molecule has 2 fully saturated rings. The number of carboxylic acids is 1. The second-order valence-electron chi connectivity index (χ2n) is 6.98. The quantitative estimate of drug-likeness (QED) is 0.856. The van der Waals surface area contributed by atoms with Crippen LogP contribution in [0.1, 0.15) is 9.67 Å². The van der Waals surface area contributed by atoms with Gasteiger partial charge < -0.3 is 10.0 Å². The van der Waals surface area contributed by atoms with Gasteiger partial charge in [0.05, 0.1) is 4.88 Å². The van der Waals surface area contributed by atoms with E-state index in [9.17, 15) is 14.7 Å². The lowest BCUT2D eigenvalue weighted by Crippen LogP contribution is -2.42. The van der Waals surface area contributed by atoms with Gasteiger partial charge in [-0.25, -0.2) is 0 Å². The molecule has 1 aromatic heterocycles. The van der Waals surface area contributed by atoms with Gasteiger partial charge in [0.15, 0.2) is 0 Å². The standard InChI is InChI=1S/C19H20N2O3S/c1-2-7-20-9-14-10-21(12-19(14,11-20)18(23)24)17(22)16-8-13-5-3-4-6-15(13)25-16/h2-6,8,14H,1,7,9-12H2,(H,23,24)/t14-,19-/m1/s1. The summed E-state index contributed by atoms with van der Waals surface area (Å²) in [5.74, 6) is -0.870. The molecule has 0 saturated carbocycles. The Morgan fingerprint density at radius 2 is 2.12 bits per heavy atom. The highest BCUT2D eigenvalue weighted by Crippen LogP contribution is 2.43. The maximum atomic E-state index is 12.9. The number of likely N-dealkylation sites (tertiary alicyclic amines) is 2. The van der Waals surface area contributed by atoms with Crippen molar-refractivity contribution in [3.63, 3.8) is 0 Å². The van der Waals surface area contributed by atoms with Gasteiger partial charge in [0.1, 0.15) is 5.41 Å². The molecule has 2 atom stereocenters. The predicted octanol–water partition coefficient (Wildman–Crippen LogP) is 2.55. The van der Waals surface area contributed by atoms with E-state index in [1.165, 1.54) is 11.3 Å². The zero-order chi connectivity index (χ0) is 17.6. The Balaban J connectivity index is 1.58. The number of carboxylic acid groups (broad SMARTS) is 1. The van der Waals surface area contributed by atoms with Crippen molar-refractivity contribution < 1.29 is 14.7 Å². The molecule has 6 heteroatoms. The monoisotopic (exact) mass is 356 g/mol. The summed E-state index contributed by atoms with van der Waals surface area (Å²) >= 11 is 1.47. The topological polar surface area (TPSA) is 60.9 Å². The maximum Gasteiger partial charge on any atom is 0.313 e. The normalized spacial score (nSPS) is 26.1. The number of aliphatic carboxylic acids is 1. The van der Waals surface area contributed by atoms with Crippen molar-refractivity contribution in [2.75, 3.05) is 32.7 Å². The molecule has 5 nitrogen and oxygen atoms in total. The van der Waals surface area contributed by atoms with Gasteiger partial charge in [0, 0.05) is 43.3 Å². The fraction of sp³-hybridized carbons (Fsp3) is 0.368. The van der Waals surface area contributed by atoms with Crippen molar-refractivity contribution in [2.45, 2.75) is 0 Å². The third-order valence-electron chi connectivity index (χ3n) is 5.42. The van der Waals surface area contributed by atoms with Crippen LogP contribution >= 0.6 is 11.3 Å². The lowest BCUT2D eigenvalue weighted by molar-refractivity contribution is -0.148. The van der Waals surface area contributed by atoms with Gasteiger partial charge in [-0.2, -0.15) is 0 Å². The SMILES string of the molecule is C=CCN1C[C@@H]2CN(C(=O)c3cc4ccccc4s3)C[C@]2(C(=O)O)C1. The Hall–Kier alpha value is -2.18. The first-order valence-corrected chi connectivity index (χ1v) is 9.19. The van der Waals surface area contributed by atoms with E-state index >= 15 is 0 Å². The van der Waals surface area contributed by atoms with Gasteiger partial charge >= 0.3 is 5.97 Å². The molecule has 25 heavy (non-hydrogen) atoms. The molecule has 1 aromatic carbocycles. The average Bonchev–Trinajstić information content (AvgIpc) is 3.24. The van der Waals surface area contributed by atoms with E-state index < -0.39 is 11.4 Å². The number of nitrogens with zero attached hydrogens (tertiary/aromatic N) is 2. The number of hydrogen-bond donors (Lipinski definition) is 1. The van der Waals surface area contributed by atoms with Crippen LogP contribution in [0.2, 0.25) is 0 Å². The zero-order valence-electron chi connectivity index (χ0n) is 13.9. The number of carbonyl (C=O) groups excluding carboxylic acids is 1. The predicted molar refractivity (Wildman–Crippen MR) is 97.9 cm³/mol. The first kappa shape index (κ1) is 16.3. The Morgan fingerprint density at radius 3 is 2.80 bits per heavy atom. The summed E-state index contributed by atoms with van der Waals surface area (Å²) in [7, 11) is 0. The number of hydrogen-bond acceptors (Lipinski definition) is 4. The minimum atomic E-state index is -0.852. The summed E-state index contributed by atoms with van der Waals surface area (Å²) in [4.78, 5) is 29.5. The number of fused-ring (bicyclic) bond motifs is 2. The molecule has 1 amide bonds. The van der Waals surface area contributed by atoms with Crippen molar-refractivity contribution in [2.24, 2.45) is 11.3 Å². The number of rotatable bonds is 4. The molecule has 0 spiro atoms. The molecule has 3 heterocycles. The number of benzene rings is 1. The number of thiophene rings is 1. The molecule has 2 aromatic rings. The van der Waals surface area contributed by atoms with E-state index in [0.29, 0.717) is 31.1 Å². The summed E-state index contributed by atoms with van der Waals surface area (Å²) in [5.41, 5.74) is -0.852. The number of carbonyl (C=O) groups is 2. The van der Waals surface area contributed by atoms with Crippen molar-refractivity contribution >= 4 is 33.3 Å². The molecule has 1 N–H and O–H groups in total. The second-order valence-corrected chi connectivity index (χ2v) is 8.06. The van der Waals surface area contributed by atoms with Crippen molar-refractivity contribution in [3.8, 4) is 0 Å². The van der Waals surface area contributed by atoms with Gasteiger partial charge in [-0.3, -0.25) is 14.5 Å². The fourth-order valence-corrected chi connectivity index (χ4v) is 5.22. The first-order valence-electron chi connectivity index (χ1n) is 8.38. The molecule has 2 aliphatic heterocycles. The minimum absolute atomic E-state index is 0.0247. The molecule has 130 valence electrons. The molecule has 0 unspecified atom stereocenters. The summed E-state index contributed by atoms with van der Waals surface area (Å²) in [6, 6.07) is 9.82. The lowest BCUT2D eigenvalue weighted by Gasteiger charge is -2.24. The van der Waals surface area contributed by atoms with Gasteiger partial charge in [-0.1, -0.05) is 24.3 Å². The summed E-state index contributed by atoms with van der Waals surface area (Å²) in [5, 5.41) is 10.9. The highest BCUT2D eigenvalue weighted by atomic mass is 32.1. The highest BCUT2D eigenvalue weighted by molar-refractivity contribution is 7.20. The lowest BCUT2D eigenvalue weighted by atomic mass is 9.81. The summed E-state index contributed by atoms with van der Waals surface area (Å²) in [6.07, 6.45) is 1.80. The van der Waals surface area contributed by atoms with Crippen LogP contribution in [0.4, 0.5) is 0 Å². The van der Waals surface area contributed by atoms with E-state index in [-0.39, 0.29) is 18.4 Å². The van der Waals surface area contributed by atoms with Crippen LogP contribution in [0, 0.1) is 11.3 Å². The van der Waals surface area contributed by atoms with Crippen molar-refractivity contribution in [1.29, 1.82) is 0 Å². The Bertz CT molecular complexity index is 828. The van der Waals surface area contributed by atoms with E-state index in [2.05, 4.69) is 11.5 Å². The highest BCUT2D eigenvalue weighted by Gasteiger charge is 2.58. The van der Waals surface area contributed by atoms with Crippen LogP contribution in [0.5, 0.6) is 0 Å². The molecule has 2 aliphatic rings. The Kier molecular flexibility index (Phi) is 3.89. The molecule has 2 saturated heterocycles. The third-order valence-corrected chi connectivity index (χ3v) is 6.52. The Labute approximate surface area is 150 Å². The van der Waals surface area contributed by atoms with Crippen LogP contribution in [0.25, 0.3) is 10.1 Å². The maximum absolute atomic E-state index is 12.9. The summed E-state index contributed by atoms with van der Waals surface area (Å²) < 4.78 is 1.08. The minimum Gasteiger partial charge on any atom is -0.481 e. The van der Waals surface area contributed by atoms with Crippen LogP contribution in [-0.2, 0) is 4.79 Å². The molecular weight excluding hydrogens is 336 g/mol. The largest absolute Gasteiger partial charge is 0.481 e. The van der Waals surface area contributed by atoms with Crippen LogP contribution in [0.15, 0.2) is 43.0 Å². The van der Waals surface area contributed by atoms with Crippen LogP contribution < -0.4 is 0 Å². The van der Waals surface area contributed by atoms with Crippen molar-refractivity contribution in [1.82, 2.24) is 9.80 Å². The number of amides is 1. The molecular formula is C19H20N2O3S. The van der Waals surface area contributed by atoms with E-state index in [1.807, 2.05) is 30.3 Å². The smallest absolute Gasteiger partial charge is 0.313 e. The van der Waals surface area contributed by atoms with Gasteiger partial charge in [-0.15, -0.1) is 17.9 Å². The fourth-order valence-electron chi connectivity index (χ4n) is 4.19. The van der Waals surface area contributed by atoms with E-state index in [1.54, 1.807) is 11.0 Å². The zero-order valence-corrected chi connectivity index (χ0v) is 14.7. The average molecular weight is 356 g/mol. The summed E-state index contributed by atoms with van der Waals surface area (Å²) in [6.45, 7) is 6.40. The molecule has 4 rings (SSSR count). The Morgan fingerprint density at radius 1 is 1.32 bits per heavy atom. The van der Waals surface area contributed by atoms with Crippen LogP contribution in [-0.4, -0.2) is 59.5 Å². The van der Waals surface area contributed by atoms with Crippen molar-refractivity contribution in [3.05, 3.63) is 47.9 Å². The van der Waals surface area contributed by atoms with E-state index in [0.717, 1.165) is 10.1 Å². The second kappa shape index (κ2) is 5.97. The molecule has 0 bridgehead atoms. The molecule has 0 aliphatic carbocycles. The van der Waals surface area contributed by atoms with Crippen LogP contribution in [0.3, 0.4) is 0 Å². The third kappa shape index (κ3) is 2.56.